The van der Waals surface area contributed by atoms with Gasteiger partial charge in [-0.1, -0.05) is 0 Å². The fourth-order valence-electron chi connectivity index (χ4n) is 1.32. The van der Waals surface area contributed by atoms with Gasteiger partial charge < -0.3 is 10.2 Å². The highest BCUT2D eigenvalue weighted by Gasteiger charge is 2.14. The Morgan fingerprint density at radius 3 is 2.62 bits per heavy atom. The Morgan fingerprint density at radius 1 is 1.50 bits per heavy atom. The number of amides is 1. The number of hydrogen-bond acceptors (Lipinski definition) is 3. The van der Waals surface area contributed by atoms with E-state index in [-0.39, 0.29) is 18.3 Å². The zero-order valence-corrected chi connectivity index (χ0v) is 12.4. The first-order chi connectivity index (χ1) is 7.13. The van der Waals surface area contributed by atoms with Crippen molar-refractivity contribution in [2.75, 3.05) is 32.6 Å². The van der Waals surface area contributed by atoms with Crippen LogP contribution in [-0.4, -0.2) is 49.5 Å². The van der Waals surface area contributed by atoms with Crippen LogP contribution >= 0.6 is 24.2 Å². The molecular formula is C11H25ClN2OS. The van der Waals surface area contributed by atoms with Gasteiger partial charge in [0.25, 0.3) is 0 Å². The van der Waals surface area contributed by atoms with E-state index >= 15 is 0 Å². The van der Waals surface area contributed by atoms with Gasteiger partial charge in [0.05, 0.1) is 0 Å². The molecule has 0 radical (unpaired) electrons. The van der Waals surface area contributed by atoms with E-state index in [1.54, 1.807) is 0 Å². The Morgan fingerprint density at radius 2 is 2.12 bits per heavy atom. The molecule has 0 aromatic carbocycles. The molecule has 0 aromatic heterocycles. The lowest BCUT2D eigenvalue weighted by molar-refractivity contribution is -0.131. The SMILES string of the molecule is CNCCCC(=O)N(C)C(C)CCSC.Cl. The van der Waals surface area contributed by atoms with Gasteiger partial charge in [0, 0.05) is 19.5 Å². The highest BCUT2D eigenvalue weighted by atomic mass is 35.5. The molecule has 0 spiro atoms. The summed E-state index contributed by atoms with van der Waals surface area (Å²) >= 11 is 1.83. The van der Waals surface area contributed by atoms with Gasteiger partial charge in [0.15, 0.2) is 0 Å². The lowest BCUT2D eigenvalue weighted by atomic mass is 10.2. The van der Waals surface area contributed by atoms with Crippen LogP contribution in [0.1, 0.15) is 26.2 Å². The predicted molar refractivity (Wildman–Crippen MR) is 75.6 cm³/mol. The normalized spacial score (nSPS) is 11.8. The molecule has 0 saturated heterocycles. The van der Waals surface area contributed by atoms with E-state index in [2.05, 4.69) is 18.5 Å². The van der Waals surface area contributed by atoms with Crippen molar-refractivity contribution in [3.8, 4) is 0 Å². The number of nitrogens with zero attached hydrogens (tertiary/aromatic N) is 1. The van der Waals surface area contributed by atoms with Crippen LogP contribution in [0.3, 0.4) is 0 Å². The third-order valence-electron chi connectivity index (χ3n) is 2.61. The van der Waals surface area contributed by atoms with Gasteiger partial charge in [-0.25, -0.2) is 0 Å². The third-order valence-corrected chi connectivity index (χ3v) is 3.26. The number of halogens is 1. The number of carbonyl (C=O) groups excluding carboxylic acids is 1. The molecule has 0 aromatic rings. The standard InChI is InChI=1S/C11H24N2OS.ClH/c1-10(7-9-15-4)13(3)11(14)6-5-8-12-2;/h10,12H,5-9H2,1-4H3;1H. The summed E-state index contributed by atoms with van der Waals surface area (Å²) in [5, 5.41) is 3.05. The van der Waals surface area contributed by atoms with Crippen molar-refractivity contribution in [2.45, 2.75) is 32.2 Å². The molecule has 0 saturated carbocycles. The van der Waals surface area contributed by atoms with Crippen LogP contribution < -0.4 is 5.32 Å². The summed E-state index contributed by atoms with van der Waals surface area (Å²) in [5.74, 6) is 1.38. The minimum atomic E-state index is 0. The smallest absolute Gasteiger partial charge is 0.222 e. The van der Waals surface area contributed by atoms with Crippen molar-refractivity contribution in [1.29, 1.82) is 0 Å². The van der Waals surface area contributed by atoms with E-state index in [4.69, 9.17) is 0 Å². The molecule has 0 aliphatic heterocycles. The average molecular weight is 269 g/mol. The first-order valence-electron chi connectivity index (χ1n) is 5.52. The Hall–Kier alpha value is 0.0700. The van der Waals surface area contributed by atoms with Gasteiger partial charge in [0.2, 0.25) is 5.91 Å². The number of rotatable bonds is 8. The van der Waals surface area contributed by atoms with Gasteiger partial charge in [-0.3, -0.25) is 4.79 Å². The molecule has 98 valence electrons. The summed E-state index contributed by atoms with van der Waals surface area (Å²) in [5.41, 5.74) is 0. The zero-order valence-electron chi connectivity index (χ0n) is 10.8. The molecule has 1 N–H and O–H groups in total. The molecule has 0 bridgehead atoms. The van der Waals surface area contributed by atoms with Gasteiger partial charge in [-0.2, -0.15) is 11.8 Å². The minimum absolute atomic E-state index is 0. The second kappa shape index (κ2) is 11.6. The van der Waals surface area contributed by atoms with Crippen molar-refractivity contribution in [3.05, 3.63) is 0 Å². The van der Waals surface area contributed by atoms with Gasteiger partial charge in [-0.15, -0.1) is 12.4 Å². The van der Waals surface area contributed by atoms with Gasteiger partial charge in [0.1, 0.15) is 0 Å². The van der Waals surface area contributed by atoms with Gasteiger partial charge >= 0.3 is 0 Å². The van der Waals surface area contributed by atoms with E-state index in [1.807, 2.05) is 30.8 Å². The first kappa shape index (κ1) is 18.4. The van der Waals surface area contributed by atoms with Crippen LogP contribution in [0.25, 0.3) is 0 Å². The second-order valence-electron chi connectivity index (χ2n) is 3.84. The summed E-state index contributed by atoms with van der Waals surface area (Å²) in [7, 11) is 3.82. The topological polar surface area (TPSA) is 32.3 Å². The summed E-state index contributed by atoms with van der Waals surface area (Å²) in [6.07, 6.45) is 4.76. The molecular weight excluding hydrogens is 244 g/mol. The quantitative estimate of drug-likeness (QED) is 0.684. The fourth-order valence-corrected chi connectivity index (χ4v) is 1.90. The minimum Gasteiger partial charge on any atom is -0.343 e. The summed E-state index contributed by atoms with van der Waals surface area (Å²) in [6.45, 7) is 3.03. The third kappa shape index (κ3) is 8.25. The van der Waals surface area contributed by atoms with Crippen molar-refractivity contribution in [1.82, 2.24) is 10.2 Å². The maximum atomic E-state index is 11.7. The number of nitrogens with one attached hydrogen (secondary N) is 1. The number of carbonyl (C=O) groups is 1. The summed E-state index contributed by atoms with van der Waals surface area (Å²) < 4.78 is 0. The van der Waals surface area contributed by atoms with Crippen molar-refractivity contribution >= 4 is 30.1 Å². The highest BCUT2D eigenvalue weighted by Crippen LogP contribution is 2.07. The molecule has 5 heteroatoms. The fraction of sp³-hybridized carbons (Fsp3) is 0.909. The zero-order chi connectivity index (χ0) is 11.7. The van der Waals surface area contributed by atoms with Crippen molar-refractivity contribution < 1.29 is 4.79 Å². The van der Waals surface area contributed by atoms with Crippen molar-refractivity contribution in [3.63, 3.8) is 0 Å². The molecule has 0 aliphatic rings. The van der Waals surface area contributed by atoms with E-state index in [0.717, 1.165) is 25.1 Å². The maximum Gasteiger partial charge on any atom is 0.222 e. The molecule has 0 rings (SSSR count). The largest absolute Gasteiger partial charge is 0.343 e. The summed E-state index contributed by atoms with van der Waals surface area (Å²) in [4.78, 5) is 13.6. The predicted octanol–water partition coefficient (Wildman–Crippen LogP) is 2.01. The molecule has 0 aliphatic carbocycles. The Bertz CT molecular complexity index is 181. The van der Waals surface area contributed by atoms with Crippen molar-refractivity contribution in [2.24, 2.45) is 0 Å². The Balaban J connectivity index is 0. The molecule has 0 fully saturated rings. The van der Waals surface area contributed by atoms with Crippen LogP contribution in [0.4, 0.5) is 0 Å². The first-order valence-corrected chi connectivity index (χ1v) is 6.92. The van der Waals surface area contributed by atoms with Crippen LogP contribution in [0.15, 0.2) is 0 Å². The average Bonchev–Trinajstić information content (AvgIpc) is 2.24. The van der Waals surface area contributed by atoms with Crippen LogP contribution in [0.2, 0.25) is 0 Å². The van der Waals surface area contributed by atoms with Gasteiger partial charge in [-0.05, 0) is 45.4 Å². The molecule has 3 nitrogen and oxygen atoms in total. The lowest BCUT2D eigenvalue weighted by Crippen LogP contribution is -2.35. The summed E-state index contributed by atoms with van der Waals surface area (Å²) in [6, 6.07) is 0.361. The van der Waals surface area contributed by atoms with Crippen LogP contribution in [0, 0.1) is 0 Å². The molecule has 1 atom stereocenters. The number of hydrogen-bond donors (Lipinski definition) is 1. The van der Waals surface area contributed by atoms with Crippen LogP contribution in [-0.2, 0) is 4.79 Å². The molecule has 1 amide bonds. The maximum absolute atomic E-state index is 11.7. The highest BCUT2D eigenvalue weighted by molar-refractivity contribution is 7.98. The van der Waals surface area contributed by atoms with E-state index in [9.17, 15) is 4.79 Å². The van der Waals surface area contributed by atoms with E-state index in [1.165, 1.54) is 0 Å². The lowest BCUT2D eigenvalue weighted by Gasteiger charge is -2.24. The second-order valence-corrected chi connectivity index (χ2v) is 4.83. The Kier molecular flexibility index (Phi) is 13.3. The molecule has 1 unspecified atom stereocenters. The molecule has 16 heavy (non-hydrogen) atoms. The molecule has 0 heterocycles. The Labute approximate surface area is 110 Å². The monoisotopic (exact) mass is 268 g/mol. The van der Waals surface area contributed by atoms with Crippen LogP contribution in [0.5, 0.6) is 0 Å². The van der Waals surface area contributed by atoms with E-state index in [0.29, 0.717) is 12.5 Å². The van der Waals surface area contributed by atoms with E-state index < -0.39 is 0 Å². The number of thioether (sulfide) groups is 1.